The number of thioether (sulfide) groups is 1. The maximum atomic E-state index is 10.7. The van der Waals surface area contributed by atoms with E-state index in [9.17, 15) is 10.1 Å². The fourth-order valence-electron chi connectivity index (χ4n) is 2.70. The monoisotopic (exact) mass is 325 g/mol. The summed E-state index contributed by atoms with van der Waals surface area (Å²) in [7, 11) is 0. The van der Waals surface area contributed by atoms with Crippen molar-refractivity contribution in [2.45, 2.75) is 18.9 Å². The van der Waals surface area contributed by atoms with Gasteiger partial charge in [0.2, 0.25) is 0 Å². The van der Waals surface area contributed by atoms with E-state index in [1.165, 1.54) is 5.04 Å². The van der Waals surface area contributed by atoms with Crippen LogP contribution in [0.2, 0.25) is 0 Å². The van der Waals surface area contributed by atoms with Crippen molar-refractivity contribution < 1.29 is 4.92 Å². The van der Waals surface area contributed by atoms with Gasteiger partial charge in [-0.2, -0.15) is 0 Å². The van der Waals surface area contributed by atoms with Gasteiger partial charge in [0.25, 0.3) is 5.69 Å². The van der Waals surface area contributed by atoms with Gasteiger partial charge in [-0.15, -0.1) is 11.8 Å². The second-order valence-electron chi connectivity index (χ2n) is 5.33. The van der Waals surface area contributed by atoms with Crippen LogP contribution in [0.1, 0.15) is 24.4 Å². The van der Waals surface area contributed by atoms with E-state index in [-0.39, 0.29) is 16.7 Å². The molecule has 0 N–H and O–H groups in total. The van der Waals surface area contributed by atoms with Gasteiger partial charge in [0, 0.05) is 36.9 Å². The zero-order chi connectivity index (χ0) is 14.8. The van der Waals surface area contributed by atoms with Gasteiger partial charge < -0.3 is 0 Å². The minimum Gasteiger partial charge on any atom is -0.274 e. The fraction of sp³-hybridized carbons (Fsp3) is 0.500. The van der Waals surface area contributed by atoms with Crippen molar-refractivity contribution in [3.63, 3.8) is 0 Å². The minimum absolute atomic E-state index is 0.125. The van der Waals surface area contributed by atoms with Crippen molar-refractivity contribution in [2.75, 3.05) is 18.8 Å². The zero-order valence-electron chi connectivity index (χ0n) is 11.4. The summed E-state index contributed by atoms with van der Waals surface area (Å²) in [6, 6.07) is 6.87. The van der Waals surface area contributed by atoms with Gasteiger partial charge in [-0.05, 0) is 30.2 Å². The Hall–Kier alpha value is -1.11. The van der Waals surface area contributed by atoms with Crippen molar-refractivity contribution >= 4 is 34.3 Å². The fourth-order valence-corrected chi connectivity index (χ4v) is 4.16. The van der Waals surface area contributed by atoms with Gasteiger partial charge in [-0.3, -0.25) is 15.1 Å². The molecule has 0 saturated carbocycles. The number of aliphatic imine (C=N–C) groups is 1. The standard InChI is InChI=1S/C14H16ClN3O2S/c15-17-7-5-11(6-8-17)14-16-13(9-21-14)10-1-3-12(4-2-10)18(19)20/h1-4,11,13H,5-9H2. The third-order valence-corrected chi connectivity index (χ3v) is 5.51. The normalized spacial score (nSPS) is 24.0. The van der Waals surface area contributed by atoms with Crippen molar-refractivity contribution in [1.82, 2.24) is 4.42 Å². The van der Waals surface area contributed by atoms with Crippen LogP contribution < -0.4 is 0 Å². The van der Waals surface area contributed by atoms with Gasteiger partial charge in [-0.25, -0.2) is 4.42 Å². The largest absolute Gasteiger partial charge is 0.274 e. The van der Waals surface area contributed by atoms with Crippen molar-refractivity contribution in [1.29, 1.82) is 0 Å². The lowest BCUT2D eigenvalue weighted by atomic mass is 9.99. The van der Waals surface area contributed by atoms with Crippen LogP contribution in [0, 0.1) is 16.0 Å². The van der Waals surface area contributed by atoms with E-state index in [0.29, 0.717) is 5.92 Å². The molecule has 0 aromatic heterocycles. The summed E-state index contributed by atoms with van der Waals surface area (Å²) in [5, 5.41) is 11.9. The average molecular weight is 326 g/mol. The Morgan fingerprint density at radius 2 is 1.95 bits per heavy atom. The van der Waals surface area contributed by atoms with Crippen LogP contribution in [-0.2, 0) is 0 Å². The quantitative estimate of drug-likeness (QED) is 0.483. The highest BCUT2D eigenvalue weighted by Crippen LogP contribution is 2.36. The van der Waals surface area contributed by atoms with Crippen LogP contribution in [0.5, 0.6) is 0 Å². The predicted octanol–water partition coefficient (Wildman–Crippen LogP) is 3.65. The van der Waals surface area contributed by atoms with E-state index in [2.05, 4.69) is 0 Å². The van der Waals surface area contributed by atoms with Crippen LogP contribution in [0.15, 0.2) is 29.3 Å². The van der Waals surface area contributed by atoms with Gasteiger partial charge in [0.15, 0.2) is 0 Å². The molecule has 0 radical (unpaired) electrons. The van der Waals surface area contributed by atoms with E-state index in [1.54, 1.807) is 12.1 Å². The molecule has 0 aliphatic carbocycles. The summed E-state index contributed by atoms with van der Waals surface area (Å²) in [6.45, 7) is 1.82. The number of nitro groups is 1. The number of piperidine rings is 1. The Labute approximate surface area is 132 Å². The third-order valence-electron chi connectivity index (χ3n) is 3.95. The van der Waals surface area contributed by atoms with Crippen LogP contribution in [0.3, 0.4) is 0 Å². The van der Waals surface area contributed by atoms with Crippen molar-refractivity contribution in [3.8, 4) is 0 Å². The Morgan fingerprint density at radius 3 is 2.57 bits per heavy atom. The van der Waals surface area contributed by atoms with E-state index >= 15 is 0 Å². The summed E-state index contributed by atoms with van der Waals surface area (Å²) >= 11 is 7.80. The Morgan fingerprint density at radius 1 is 1.29 bits per heavy atom. The SMILES string of the molecule is O=[N+]([O-])c1ccc(C2CSC(C3CCN(Cl)CC3)=N2)cc1. The molecule has 2 aliphatic rings. The van der Waals surface area contributed by atoms with Crippen molar-refractivity contribution in [3.05, 3.63) is 39.9 Å². The smallest absolute Gasteiger partial charge is 0.269 e. The molecular formula is C14H16ClN3O2S. The molecule has 7 heteroatoms. The number of halogens is 1. The molecule has 21 heavy (non-hydrogen) atoms. The van der Waals surface area contributed by atoms with E-state index in [0.717, 1.165) is 37.2 Å². The van der Waals surface area contributed by atoms with Gasteiger partial charge in [0.05, 0.1) is 16.0 Å². The molecule has 0 spiro atoms. The molecule has 1 atom stereocenters. The van der Waals surface area contributed by atoms with Crippen LogP contribution >= 0.6 is 23.5 Å². The molecule has 5 nitrogen and oxygen atoms in total. The molecular weight excluding hydrogens is 310 g/mol. The first kappa shape index (κ1) is 14.8. The summed E-state index contributed by atoms with van der Waals surface area (Å²) in [5.41, 5.74) is 1.18. The number of benzene rings is 1. The molecule has 112 valence electrons. The first-order valence-corrected chi connectivity index (χ1v) is 8.31. The molecule has 1 aromatic rings. The predicted molar refractivity (Wildman–Crippen MR) is 85.9 cm³/mol. The van der Waals surface area contributed by atoms with E-state index in [4.69, 9.17) is 16.8 Å². The Bertz CT molecular complexity index is 556. The zero-order valence-corrected chi connectivity index (χ0v) is 13.0. The number of nitro benzene ring substituents is 1. The van der Waals surface area contributed by atoms with E-state index < -0.39 is 0 Å². The molecule has 0 amide bonds. The lowest BCUT2D eigenvalue weighted by Crippen LogP contribution is -2.29. The second-order valence-corrected chi connectivity index (χ2v) is 6.85. The first-order chi connectivity index (χ1) is 10.1. The molecule has 1 aromatic carbocycles. The third kappa shape index (κ3) is 3.39. The second kappa shape index (κ2) is 6.34. The summed E-state index contributed by atoms with van der Waals surface area (Å²) in [6.07, 6.45) is 2.12. The Balaban J connectivity index is 1.69. The Kier molecular flexibility index (Phi) is 4.47. The molecule has 1 fully saturated rings. The van der Waals surface area contributed by atoms with Gasteiger partial charge in [0.1, 0.15) is 0 Å². The summed E-state index contributed by atoms with van der Waals surface area (Å²) in [5.74, 6) is 1.45. The topological polar surface area (TPSA) is 58.7 Å². The van der Waals surface area contributed by atoms with Gasteiger partial charge in [-0.1, -0.05) is 12.1 Å². The number of hydrogen-bond donors (Lipinski definition) is 0. The van der Waals surface area contributed by atoms with Crippen LogP contribution in [-0.4, -0.2) is 33.2 Å². The molecule has 3 rings (SSSR count). The summed E-state index contributed by atoms with van der Waals surface area (Å²) < 4.78 is 1.84. The van der Waals surface area contributed by atoms with E-state index in [1.807, 2.05) is 28.3 Å². The molecule has 0 bridgehead atoms. The molecule has 1 unspecified atom stereocenters. The van der Waals surface area contributed by atoms with Crippen LogP contribution in [0.4, 0.5) is 5.69 Å². The number of rotatable bonds is 3. The van der Waals surface area contributed by atoms with Crippen molar-refractivity contribution in [2.24, 2.45) is 10.9 Å². The summed E-state index contributed by atoms with van der Waals surface area (Å²) in [4.78, 5) is 15.1. The molecule has 2 aliphatic heterocycles. The minimum atomic E-state index is -0.373. The maximum absolute atomic E-state index is 10.7. The molecule has 1 saturated heterocycles. The maximum Gasteiger partial charge on any atom is 0.269 e. The average Bonchev–Trinajstić information content (AvgIpc) is 2.98. The number of hydrogen-bond acceptors (Lipinski definition) is 5. The lowest BCUT2D eigenvalue weighted by molar-refractivity contribution is -0.384. The number of non-ortho nitro benzene ring substituents is 1. The highest BCUT2D eigenvalue weighted by molar-refractivity contribution is 8.14. The first-order valence-electron chi connectivity index (χ1n) is 6.99. The van der Waals surface area contributed by atoms with Gasteiger partial charge >= 0.3 is 0 Å². The molecule has 2 heterocycles. The highest BCUT2D eigenvalue weighted by Gasteiger charge is 2.28. The number of nitrogens with zero attached hydrogens (tertiary/aromatic N) is 3. The van der Waals surface area contributed by atoms with Crippen LogP contribution in [0.25, 0.3) is 0 Å². The highest BCUT2D eigenvalue weighted by atomic mass is 35.5. The lowest BCUT2D eigenvalue weighted by Gasteiger charge is -2.26.